The molecule has 0 fully saturated rings. The first-order valence-electron chi connectivity index (χ1n) is 7.81. The van der Waals surface area contributed by atoms with Crippen molar-refractivity contribution in [3.63, 3.8) is 0 Å². The summed E-state index contributed by atoms with van der Waals surface area (Å²) in [5, 5.41) is 8.88. The third-order valence-corrected chi connectivity index (χ3v) is 4.57. The molecule has 0 bridgehead atoms. The summed E-state index contributed by atoms with van der Waals surface area (Å²) in [5.41, 5.74) is 3.25. The Balaban J connectivity index is 2.00. The molecule has 4 heteroatoms. The topological polar surface area (TPSA) is 61.2 Å². The molecule has 1 aliphatic heterocycles. The lowest BCUT2D eigenvalue weighted by atomic mass is 9.85. The smallest absolute Gasteiger partial charge is 0.237 e. The zero-order valence-corrected chi connectivity index (χ0v) is 14.0. The molecule has 0 aromatic heterocycles. The fourth-order valence-corrected chi connectivity index (χ4v) is 3.08. The minimum absolute atomic E-state index is 0.00779. The molecule has 0 N–H and O–H groups in total. The standard InChI is InChI=1S/C20H18N2O2/c1-13(23)16-8-9-18-17(10-16)20(2,3)19(24)22(18)12-15-6-4-14(11-21)5-7-15/h4-10H,12H2,1-3H3. The highest BCUT2D eigenvalue weighted by molar-refractivity contribution is 6.08. The molecule has 1 amide bonds. The Bertz CT molecular complexity index is 874. The zero-order chi connectivity index (χ0) is 17.5. The van der Waals surface area contributed by atoms with Crippen LogP contribution in [-0.4, -0.2) is 11.7 Å². The Morgan fingerprint density at radius 1 is 1.17 bits per heavy atom. The van der Waals surface area contributed by atoms with E-state index in [0.29, 0.717) is 17.7 Å². The van der Waals surface area contributed by atoms with E-state index in [-0.39, 0.29) is 11.7 Å². The van der Waals surface area contributed by atoms with Gasteiger partial charge in [-0.3, -0.25) is 9.59 Å². The monoisotopic (exact) mass is 318 g/mol. The molecule has 2 aromatic carbocycles. The summed E-state index contributed by atoms with van der Waals surface area (Å²) < 4.78 is 0. The second kappa shape index (κ2) is 5.61. The second-order valence-electron chi connectivity index (χ2n) is 6.61. The average Bonchev–Trinajstić information content (AvgIpc) is 2.76. The van der Waals surface area contributed by atoms with Crippen molar-refractivity contribution in [1.29, 1.82) is 5.26 Å². The van der Waals surface area contributed by atoms with Gasteiger partial charge in [-0.1, -0.05) is 12.1 Å². The number of nitrogens with zero attached hydrogens (tertiary/aromatic N) is 2. The highest BCUT2D eigenvalue weighted by atomic mass is 16.2. The van der Waals surface area contributed by atoms with E-state index in [1.54, 1.807) is 23.1 Å². The van der Waals surface area contributed by atoms with Crippen LogP contribution in [0.2, 0.25) is 0 Å². The van der Waals surface area contributed by atoms with Gasteiger partial charge >= 0.3 is 0 Å². The highest BCUT2D eigenvalue weighted by Crippen LogP contribution is 2.42. The van der Waals surface area contributed by atoms with Gasteiger partial charge in [0.15, 0.2) is 5.78 Å². The van der Waals surface area contributed by atoms with Crippen molar-refractivity contribution in [2.45, 2.75) is 32.7 Å². The summed E-state index contributed by atoms with van der Waals surface area (Å²) in [6.07, 6.45) is 0. The summed E-state index contributed by atoms with van der Waals surface area (Å²) in [6, 6.07) is 14.8. The first kappa shape index (κ1) is 15.9. The molecule has 1 aliphatic rings. The van der Waals surface area contributed by atoms with E-state index in [1.807, 2.05) is 38.1 Å². The SMILES string of the molecule is CC(=O)c1ccc2c(c1)C(C)(C)C(=O)N2Cc1ccc(C#N)cc1. The van der Waals surface area contributed by atoms with Crippen molar-refractivity contribution in [2.75, 3.05) is 4.90 Å². The van der Waals surface area contributed by atoms with Gasteiger partial charge in [0.05, 0.1) is 23.6 Å². The number of fused-ring (bicyclic) bond motifs is 1. The van der Waals surface area contributed by atoms with Crippen LogP contribution in [0.25, 0.3) is 0 Å². The van der Waals surface area contributed by atoms with Crippen LogP contribution in [-0.2, 0) is 16.8 Å². The van der Waals surface area contributed by atoms with Crippen LogP contribution in [0, 0.1) is 11.3 Å². The third kappa shape index (κ3) is 2.48. The van der Waals surface area contributed by atoms with Gasteiger partial charge in [-0.25, -0.2) is 0 Å². The van der Waals surface area contributed by atoms with Crippen molar-refractivity contribution in [3.05, 3.63) is 64.7 Å². The predicted octanol–water partition coefficient (Wildman–Crippen LogP) is 3.59. The molecule has 0 aliphatic carbocycles. The molecular weight excluding hydrogens is 300 g/mol. The lowest BCUT2D eigenvalue weighted by Crippen LogP contribution is -2.35. The maximum Gasteiger partial charge on any atom is 0.237 e. The van der Waals surface area contributed by atoms with Gasteiger partial charge in [-0.05, 0) is 62.2 Å². The van der Waals surface area contributed by atoms with E-state index in [9.17, 15) is 9.59 Å². The van der Waals surface area contributed by atoms with Crippen molar-refractivity contribution in [3.8, 4) is 6.07 Å². The number of Topliss-reactive ketones (excluding diaryl/α,β-unsaturated/α-hetero) is 1. The fraction of sp³-hybridized carbons (Fsp3) is 0.250. The number of amides is 1. The maximum absolute atomic E-state index is 12.9. The molecule has 0 unspecified atom stereocenters. The highest BCUT2D eigenvalue weighted by Gasteiger charge is 2.43. The van der Waals surface area contributed by atoms with E-state index >= 15 is 0 Å². The third-order valence-electron chi connectivity index (χ3n) is 4.57. The van der Waals surface area contributed by atoms with Crippen LogP contribution in [0.4, 0.5) is 5.69 Å². The van der Waals surface area contributed by atoms with Crippen LogP contribution < -0.4 is 4.90 Å². The Morgan fingerprint density at radius 2 is 1.83 bits per heavy atom. The molecule has 2 aromatic rings. The van der Waals surface area contributed by atoms with Crippen LogP contribution in [0.1, 0.15) is 47.8 Å². The molecular formula is C20H18N2O2. The van der Waals surface area contributed by atoms with Gasteiger partial charge < -0.3 is 4.90 Å². The lowest BCUT2D eigenvalue weighted by molar-refractivity contribution is -0.122. The van der Waals surface area contributed by atoms with Crippen molar-refractivity contribution >= 4 is 17.4 Å². The summed E-state index contributed by atoms with van der Waals surface area (Å²) >= 11 is 0. The van der Waals surface area contributed by atoms with Gasteiger partial charge in [-0.15, -0.1) is 0 Å². The Labute approximate surface area is 141 Å². The van der Waals surface area contributed by atoms with Crippen molar-refractivity contribution < 1.29 is 9.59 Å². The number of hydrogen-bond donors (Lipinski definition) is 0. The number of nitriles is 1. The Hall–Kier alpha value is -2.93. The lowest BCUT2D eigenvalue weighted by Gasteiger charge is -2.20. The molecule has 24 heavy (non-hydrogen) atoms. The number of carbonyl (C=O) groups is 2. The minimum atomic E-state index is -0.659. The molecule has 0 saturated carbocycles. The van der Waals surface area contributed by atoms with Gasteiger partial charge in [0.2, 0.25) is 5.91 Å². The minimum Gasteiger partial charge on any atom is -0.307 e. The largest absolute Gasteiger partial charge is 0.307 e. The summed E-state index contributed by atoms with van der Waals surface area (Å²) in [4.78, 5) is 26.3. The van der Waals surface area contributed by atoms with Crippen LogP contribution in [0.3, 0.4) is 0 Å². The van der Waals surface area contributed by atoms with Gasteiger partial charge in [0, 0.05) is 11.3 Å². The van der Waals surface area contributed by atoms with E-state index in [2.05, 4.69) is 6.07 Å². The molecule has 3 rings (SSSR count). The number of rotatable bonds is 3. The quantitative estimate of drug-likeness (QED) is 0.813. The first-order valence-corrected chi connectivity index (χ1v) is 7.81. The number of benzene rings is 2. The fourth-order valence-electron chi connectivity index (χ4n) is 3.08. The molecule has 120 valence electrons. The van der Waals surface area contributed by atoms with E-state index in [1.165, 1.54) is 6.92 Å². The molecule has 0 radical (unpaired) electrons. The summed E-state index contributed by atoms with van der Waals surface area (Å²) in [6.45, 7) is 5.74. The normalized spacial score (nSPS) is 15.1. The van der Waals surface area contributed by atoms with Gasteiger partial charge in [-0.2, -0.15) is 5.26 Å². The number of anilines is 1. The predicted molar refractivity (Wildman–Crippen MR) is 91.8 cm³/mol. The first-order chi connectivity index (χ1) is 11.3. The molecule has 0 spiro atoms. The van der Waals surface area contributed by atoms with Crippen molar-refractivity contribution in [2.24, 2.45) is 0 Å². The number of ketones is 1. The van der Waals surface area contributed by atoms with E-state index in [4.69, 9.17) is 5.26 Å². The Morgan fingerprint density at radius 3 is 2.42 bits per heavy atom. The van der Waals surface area contributed by atoms with E-state index < -0.39 is 5.41 Å². The molecule has 1 heterocycles. The second-order valence-corrected chi connectivity index (χ2v) is 6.61. The summed E-state index contributed by atoms with van der Waals surface area (Å²) in [7, 11) is 0. The summed E-state index contributed by atoms with van der Waals surface area (Å²) in [5.74, 6) is 0.00848. The number of carbonyl (C=O) groups excluding carboxylic acids is 2. The van der Waals surface area contributed by atoms with Crippen LogP contribution in [0.5, 0.6) is 0 Å². The Kier molecular flexibility index (Phi) is 3.73. The average molecular weight is 318 g/mol. The van der Waals surface area contributed by atoms with Gasteiger partial charge in [0.1, 0.15) is 0 Å². The molecule has 0 saturated heterocycles. The van der Waals surface area contributed by atoms with Gasteiger partial charge in [0.25, 0.3) is 0 Å². The van der Waals surface area contributed by atoms with Crippen molar-refractivity contribution in [1.82, 2.24) is 0 Å². The van der Waals surface area contributed by atoms with E-state index in [0.717, 1.165) is 16.8 Å². The molecule has 4 nitrogen and oxygen atoms in total. The maximum atomic E-state index is 12.9. The molecule has 0 atom stereocenters. The zero-order valence-electron chi connectivity index (χ0n) is 14.0. The number of hydrogen-bond acceptors (Lipinski definition) is 3. The van der Waals surface area contributed by atoms with Crippen LogP contribution >= 0.6 is 0 Å². The van der Waals surface area contributed by atoms with Crippen LogP contribution in [0.15, 0.2) is 42.5 Å².